The van der Waals surface area contributed by atoms with E-state index in [9.17, 15) is 0 Å². The lowest BCUT2D eigenvalue weighted by Crippen LogP contribution is -2.29. The van der Waals surface area contributed by atoms with E-state index in [1.165, 1.54) is 18.4 Å². The Morgan fingerprint density at radius 2 is 1.82 bits per heavy atom. The maximum atomic E-state index is 5.83. The van der Waals surface area contributed by atoms with Gasteiger partial charge in [0.1, 0.15) is 0 Å². The van der Waals surface area contributed by atoms with Crippen LogP contribution in [0.3, 0.4) is 0 Å². The zero-order valence-corrected chi connectivity index (χ0v) is 8.07. The highest BCUT2D eigenvalue weighted by atomic mass is 14.6. The third-order valence-electron chi connectivity index (χ3n) is 2.49. The first-order valence-electron chi connectivity index (χ1n) is 4.41. The fourth-order valence-electron chi connectivity index (χ4n) is 1.75. The van der Waals surface area contributed by atoms with Gasteiger partial charge in [0.05, 0.1) is 0 Å². The second kappa shape index (κ2) is 2.63. The molecule has 0 aromatic heterocycles. The van der Waals surface area contributed by atoms with Crippen LogP contribution in [0.1, 0.15) is 40.5 Å². The molecule has 1 heteroatoms. The minimum atomic E-state index is 0.276. The van der Waals surface area contributed by atoms with Crippen LogP contribution in [0.25, 0.3) is 0 Å². The Balaban J connectivity index is 2.81. The molecule has 0 aromatic rings. The van der Waals surface area contributed by atoms with Gasteiger partial charge >= 0.3 is 0 Å². The molecule has 1 rings (SSSR count). The molecular weight excluding hydrogens is 134 g/mol. The third-order valence-corrected chi connectivity index (χ3v) is 2.49. The van der Waals surface area contributed by atoms with Crippen molar-refractivity contribution < 1.29 is 0 Å². The standard InChI is InChI=1S/C10H19N/c1-7(11)8-5-6-9(8)10(2,3)4/h7H,5-6,11H2,1-4H3/t7-/m0/s1. The van der Waals surface area contributed by atoms with E-state index in [1.807, 2.05) is 0 Å². The summed E-state index contributed by atoms with van der Waals surface area (Å²) in [6, 6.07) is 0.276. The molecule has 0 saturated heterocycles. The molecule has 0 amide bonds. The van der Waals surface area contributed by atoms with Gasteiger partial charge in [0.2, 0.25) is 0 Å². The van der Waals surface area contributed by atoms with Crippen molar-refractivity contribution in [1.29, 1.82) is 0 Å². The van der Waals surface area contributed by atoms with Gasteiger partial charge in [-0.05, 0) is 25.2 Å². The van der Waals surface area contributed by atoms with E-state index in [0.717, 1.165) is 0 Å². The molecule has 0 heterocycles. The first-order chi connectivity index (χ1) is 4.93. The van der Waals surface area contributed by atoms with Crippen molar-refractivity contribution in [2.24, 2.45) is 11.1 Å². The molecule has 0 bridgehead atoms. The molecule has 0 radical (unpaired) electrons. The Labute approximate surface area is 69.7 Å². The zero-order valence-electron chi connectivity index (χ0n) is 8.07. The molecule has 0 spiro atoms. The summed E-state index contributed by atoms with van der Waals surface area (Å²) in [4.78, 5) is 0. The van der Waals surface area contributed by atoms with Crippen LogP contribution in [0.4, 0.5) is 0 Å². The van der Waals surface area contributed by atoms with Gasteiger partial charge in [-0.2, -0.15) is 0 Å². The molecule has 0 saturated carbocycles. The maximum Gasteiger partial charge on any atom is 0.0227 e. The molecule has 1 nitrogen and oxygen atoms in total. The molecule has 1 aliphatic rings. The predicted octanol–water partition coefficient (Wildman–Crippen LogP) is 2.47. The summed E-state index contributed by atoms with van der Waals surface area (Å²) in [5.74, 6) is 0. The van der Waals surface area contributed by atoms with E-state index in [0.29, 0.717) is 5.41 Å². The van der Waals surface area contributed by atoms with Crippen molar-refractivity contribution in [2.45, 2.75) is 46.6 Å². The molecule has 64 valence electrons. The van der Waals surface area contributed by atoms with Crippen molar-refractivity contribution in [3.63, 3.8) is 0 Å². The van der Waals surface area contributed by atoms with Gasteiger partial charge in [-0.1, -0.05) is 31.9 Å². The predicted molar refractivity (Wildman–Crippen MR) is 49.4 cm³/mol. The van der Waals surface area contributed by atoms with E-state index in [2.05, 4.69) is 27.7 Å². The summed E-state index contributed by atoms with van der Waals surface area (Å²) in [6.45, 7) is 8.89. The molecule has 11 heavy (non-hydrogen) atoms. The van der Waals surface area contributed by atoms with Crippen LogP contribution in [-0.4, -0.2) is 6.04 Å². The molecule has 2 N–H and O–H groups in total. The van der Waals surface area contributed by atoms with Crippen LogP contribution in [-0.2, 0) is 0 Å². The summed E-state index contributed by atoms with van der Waals surface area (Å²) in [5, 5.41) is 0. The Morgan fingerprint density at radius 1 is 1.27 bits per heavy atom. The lowest BCUT2D eigenvalue weighted by Gasteiger charge is -2.35. The van der Waals surface area contributed by atoms with E-state index in [1.54, 1.807) is 5.57 Å². The van der Waals surface area contributed by atoms with Crippen molar-refractivity contribution in [3.8, 4) is 0 Å². The Bertz CT molecular complexity index is 182. The first-order valence-corrected chi connectivity index (χ1v) is 4.41. The largest absolute Gasteiger partial charge is 0.324 e. The van der Waals surface area contributed by atoms with Gasteiger partial charge in [-0.15, -0.1) is 0 Å². The van der Waals surface area contributed by atoms with E-state index in [-0.39, 0.29) is 6.04 Å². The summed E-state index contributed by atoms with van der Waals surface area (Å²) < 4.78 is 0. The van der Waals surface area contributed by atoms with Crippen LogP contribution in [0.2, 0.25) is 0 Å². The number of hydrogen-bond donors (Lipinski definition) is 1. The normalized spacial score (nSPS) is 21.5. The van der Waals surface area contributed by atoms with Crippen LogP contribution < -0.4 is 5.73 Å². The monoisotopic (exact) mass is 153 g/mol. The van der Waals surface area contributed by atoms with E-state index in [4.69, 9.17) is 5.73 Å². The average molecular weight is 153 g/mol. The van der Waals surface area contributed by atoms with Crippen LogP contribution in [0.5, 0.6) is 0 Å². The van der Waals surface area contributed by atoms with Crippen LogP contribution in [0, 0.1) is 5.41 Å². The first kappa shape index (κ1) is 8.79. The second-order valence-electron chi connectivity index (χ2n) is 4.54. The molecule has 1 atom stereocenters. The maximum absolute atomic E-state index is 5.83. The summed E-state index contributed by atoms with van der Waals surface area (Å²) in [5.41, 5.74) is 9.26. The van der Waals surface area contributed by atoms with Crippen molar-refractivity contribution in [2.75, 3.05) is 0 Å². The van der Waals surface area contributed by atoms with Gasteiger partial charge in [-0.25, -0.2) is 0 Å². The zero-order chi connectivity index (χ0) is 8.65. The van der Waals surface area contributed by atoms with Gasteiger partial charge in [0, 0.05) is 6.04 Å². The van der Waals surface area contributed by atoms with Gasteiger partial charge in [0.15, 0.2) is 0 Å². The Morgan fingerprint density at radius 3 is 1.91 bits per heavy atom. The van der Waals surface area contributed by atoms with E-state index >= 15 is 0 Å². The highest BCUT2D eigenvalue weighted by molar-refractivity contribution is 5.32. The third kappa shape index (κ3) is 1.64. The van der Waals surface area contributed by atoms with Crippen molar-refractivity contribution in [1.82, 2.24) is 0 Å². The lowest BCUT2D eigenvalue weighted by molar-refractivity contribution is 0.437. The topological polar surface area (TPSA) is 26.0 Å². The van der Waals surface area contributed by atoms with Gasteiger partial charge in [-0.3, -0.25) is 0 Å². The Hall–Kier alpha value is -0.300. The molecule has 1 aliphatic carbocycles. The quantitative estimate of drug-likeness (QED) is 0.575. The number of rotatable bonds is 1. The highest BCUT2D eigenvalue weighted by Crippen LogP contribution is 2.41. The number of nitrogens with two attached hydrogens (primary N) is 1. The summed E-state index contributed by atoms with van der Waals surface area (Å²) in [6.07, 6.45) is 2.49. The smallest absolute Gasteiger partial charge is 0.0227 e. The van der Waals surface area contributed by atoms with E-state index < -0.39 is 0 Å². The summed E-state index contributed by atoms with van der Waals surface area (Å²) >= 11 is 0. The highest BCUT2D eigenvalue weighted by Gasteiger charge is 2.28. The van der Waals surface area contributed by atoms with Gasteiger partial charge < -0.3 is 5.73 Å². The Kier molecular flexibility index (Phi) is 2.10. The fraction of sp³-hybridized carbons (Fsp3) is 0.800. The van der Waals surface area contributed by atoms with Crippen LogP contribution >= 0.6 is 0 Å². The molecular formula is C10H19N. The number of allylic oxidation sites excluding steroid dienone is 1. The average Bonchev–Trinajstić information content (AvgIpc) is 1.51. The number of hydrogen-bond acceptors (Lipinski definition) is 1. The lowest BCUT2D eigenvalue weighted by atomic mass is 9.71. The van der Waals surface area contributed by atoms with Crippen molar-refractivity contribution >= 4 is 0 Å². The SMILES string of the molecule is C[C@H](N)C1=C(C(C)(C)C)CC1. The van der Waals surface area contributed by atoms with Gasteiger partial charge in [0.25, 0.3) is 0 Å². The fourth-order valence-corrected chi connectivity index (χ4v) is 1.75. The summed E-state index contributed by atoms with van der Waals surface area (Å²) in [7, 11) is 0. The second-order valence-corrected chi connectivity index (χ2v) is 4.54. The minimum absolute atomic E-state index is 0.276. The minimum Gasteiger partial charge on any atom is -0.324 e. The van der Waals surface area contributed by atoms with Crippen molar-refractivity contribution in [3.05, 3.63) is 11.1 Å². The molecule has 0 unspecified atom stereocenters. The molecule has 0 aromatic carbocycles. The van der Waals surface area contributed by atoms with Crippen LogP contribution in [0.15, 0.2) is 11.1 Å². The molecule has 0 fully saturated rings. The molecule has 0 aliphatic heterocycles.